The summed E-state index contributed by atoms with van der Waals surface area (Å²) in [6.45, 7) is 5.83. The van der Waals surface area contributed by atoms with Gasteiger partial charge < -0.3 is 20.4 Å². The number of fused-ring (bicyclic) bond motifs is 1. The summed E-state index contributed by atoms with van der Waals surface area (Å²) in [5, 5.41) is 2.89. The molecule has 0 saturated carbocycles. The highest BCUT2D eigenvalue weighted by atomic mass is 16.5. The third-order valence-electron chi connectivity index (χ3n) is 4.71. The number of hydrogen-bond donors (Lipinski definition) is 2. The standard InChI is InChI=1S/C21H26N4O2/c1-21(2,3)18(22)20(26)23-14-8-11-17-16(12-14)24-19(25(17)4)13-6-9-15(27-5)10-7-13/h6-12,18H,22H2,1-5H3,(H,23,26)/t18-/m1/s1. The number of nitrogens with one attached hydrogen (secondary N) is 1. The lowest BCUT2D eigenvalue weighted by Crippen LogP contribution is -2.45. The molecule has 3 aromatic rings. The predicted octanol–water partition coefficient (Wildman–Crippen LogP) is 3.56. The Morgan fingerprint density at radius 1 is 1.19 bits per heavy atom. The summed E-state index contributed by atoms with van der Waals surface area (Å²) < 4.78 is 7.24. The van der Waals surface area contributed by atoms with Gasteiger partial charge in [0.2, 0.25) is 5.91 Å². The molecule has 1 aromatic heterocycles. The summed E-state index contributed by atoms with van der Waals surface area (Å²) in [6.07, 6.45) is 0. The third-order valence-corrected chi connectivity index (χ3v) is 4.71. The number of ether oxygens (including phenoxy) is 1. The average molecular weight is 366 g/mol. The van der Waals surface area contributed by atoms with Crippen LogP contribution in [-0.4, -0.2) is 28.6 Å². The van der Waals surface area contributed by atoms with Gasteiger partial charge >= 0.3 is 0 Å². The van der Waals surface area contributed by atoms with Gasteiger partial charge in [-0.2, -0.15) is 0 Å². The Kier molecular flexibility index (Phi) is 4.93. The number of nitrogens with zero attached hydrogens (tertiary/aromatic N) is 2. The molecule has 0 bridgehead atoms. The Labute approximate surface area is 159 Å². The van der Waals surface area contributed by atoms with Gasteiger partial charge in [0.25, 0.3) is 0 Å². The van der Waals surface area contributed by atoms with Crippen LogP contribution in [-0.2, 0) is 11.8 Å². The molecule has 3 N–H and O–H groups in total. The number of carbonyl (C=O) groups excluding carboxylic acids is 1. The lowest BCUT2D eigenvalue weighted by atomic mass is 9.87. The molecule has 6 heteroatoms. The van der Waals surface area contributed by atoms with Gasteiger partial charge in [0.15, 0.2) is 0 Å². The van der Waals surface area contributed by atoms with E-state index in [1.165, 1.54) is 0 Å². The minimum Gasteiger partial charge on any atom is -0.497 e. The van der Waals surface area contributed by atoms with Gasteiger partial charge in [-0.3, -0.25) is 4.79 Å². The van der Waals surface area contributed by atoms with E-state index < -0.39 is 6.04 Å². The van der Waals surface area contributed by atoms with E-state index in [0.717, 1.165) is 28.2 Å². The molecule has 0 aliphatic heterocycles. The fourth-order valence-corrected chi connectivity index (χ4v) is 2.89. The van der Waals surface area contributed by atoms with Crippen LogP contribution in [0, 0.1) is 5.41 Å². The first-order chi connectivity index (χ1) is 12.7. The summed E-state index contributed by atoms with van der Waals surface area (Å²) in [4.78, 5) is 17.1. The van der Waals surface area contributed by atoms with Crippen molar-refractivity contribution in [3.05, 3.63) is 42.5 Å². The summed E-state index contributed by atoms with van der Waals surface area (Å²) >= 11 is 0. The number of carbonyl (C=O) groups is 1. The highest BCUT2D eigenvalue weighted by Gasteiger charge is 2.27. The normalized spacial score (nSPS) is 12.8. The first-order valence-corrected chi connectivity index (χ1v) is 8.88. The average Bonchev–Trinajstić information content (AvgIpc) is 2.96. The maximum Gasteiger partial charge on any atom is 0.241 e. The molecule has 0 unspecified atom stereocenters. The molecule has 0 saturated heterocycles. The molecular formula is C21H26N4O2. The second-order valence-corrected chi connectivity index (χ2v) is 7.76. The minimum atomic E-state index is -0.591. The lowest BCUT2D eigenvalue weighted by molar-refractivity contribution is -0.119. The number of amides is 1. The smallest absolute Gasteiger partial charge is 0.241 e. The van der Waals surface area contributed by atoms with Crippen LogP contribution < -0.4 is 15.8 Å². The first kappa shape index (κ1) is 18.9. The fourth-order valence-electron chi connectivity index (χ4n) is 2.89. The number of aromatic nitrogens is 2. The molecular weight excluding hydrogens is 340 g/mol. The van der Waals surface area contributed by atoms with Gasteiger partial charge in [-0.1, -0.05) is 20.8 Å². The van der Waals surface area contributed by atoms with Crippen molar-refractivity contribution in [3.8, 4) is 17.1 Å². The molecule has 6 nitrogen and oxygen atoms in total. The van der Waals surface area contributed by atoms with E-state index in [9.17, 15) is 4.79 Å². The van der Waals surface area contributed by atoms with E-state index in [2.05, 4.69) is 5.32 Å². The number of methoxy groups -OCH3 is 1. The molecule has 1 heterocycles. The molecule has 0 radical (unpaired) electrons. The van der Waals surface area contributed by atoms with Crippen LogP contribution >= 0.6 is 0 Å². The fraction of sp³-hybridized carbons (Fsp3) is 0.333. The van der Waals surface area contributed by atoms with E-state index in [4.69, 9.17) is 15.5 Å². The lowest BCUT2D eigenvalue weighted by Gasteiger charge is -2.25. The van der Waals surface area contributed by atoms with Crippen molar-refractivity contribution in [2.75, 3.05) is 12.4 Å². The van der Waals surface area contributed by atoms with Crippen molar-refractivity contribution < 1.29 is 9.53 Å². The molecule has 27 heavy (non-hydrogen) atoms. The zero-order valence-electron chi connectivity index (χ0n) is 16.4. The summed E-state index contributed by atoms with van der Waals surface area (Å²) in [5.41, 5.74) is 9.21. The molecule has 0 aliphatic carbocycles. The second kappa shape index (κ2) is 7.04. The van der Waals surface area contributed by atoms with E-state index in [1.54, 1.807) is 7.11 Å². The Bertz CT molecular complexity index is 968. The maximum atomic E-state index is 12.4. The van der Waals surface area contributed by atoms with Crippen LogP contribution in [0.15, 0.2) is 42.5 Å². The zero-order chi connectivity index (χ0) is 19.8. The third kappa shape index (κ3) is 3.80. The molecule has 1 amide bonds. The SMILES string of the molecule is COc1ccc(-c2nc3cc(NC(=O)[C@@H](N)C(C)(C)C)ccc3n2C)cc1. The molecule has 0 fully saturated rings. The number of aryl methyl sites for hydroxylation is 1. The van der Waals surface area contributed by atoms with Crippen molar-refractivity contribution in [2.45, 2.75) is 26.8 Å². The largest absolute Gasteiger partial charge is 0.497 e. The number of nitrogens with two attached hydrogens (primary N) is 1. The molecule has 2 aromatic carbocycles. The minimum absolute atomic E-state index is 0.201. The van der Waals surface area contributed by atoms with Crippen LogP contribution in [0.1, 0.15) is 20.8 Å². The number of imidazole rings is 1. The van der Waals surface area contributed by atoms with Crippen LogP contribution in [0.2, 0.25) is 0 Å². The number of rotatable bonds is 4. The van der Waals surface area contributed by atoms with Crippen LogP contribution in [0.25, 0.3) is 22.4 Å². The van der Waals surface area contributed by atoms with E-state index >= 15 is 0 Å². The van der Waals surface area contributed by atoms with Crippen molar-refractivity contribution >= 4 is 22.6 Å². The van der Waals surface area contributed by atoms with Gasteiger partial charge in [0, 0.05) is 18.3 Å². The van der Waals surface area contributed by atoms with Crippen molar-refractivity contribution in [2.24, 2.45) is 18.2 Å². The van der Waals surface area contributed by atoms with Gasteiger partial charge in [-0.05, 0) is 47.9 Å². The highest BCUT2D eigenvalue weighted by Crippen LogP contribution is 2.27. The topological polar surface area (TPSA) is 82.2 Å². The molecule has 0 spiro atoms. The highest BCUT2D eigenvalue weighted by molar-refractivity contribution is 5.97. The van der Waals surface area contributed by atoms with E-state index in [-0.39, 0.29) is 11.3 Å². The number of benzene rings is 2. The quantitative estimate of drug-likeness (QED) is 0.740. The van der Waals surface area contributed by atoms with Gasteiger partial charge in [0.1, 0.15) is 11.6 Å². The monoisotopic (exact) mass is 366 g/mol. The van der Waals surface area contributed by atoms with Crippen LogP contribution in [0.5, 0.6) is 5.75 Å². The van der Waals surface area contributed by atoms with E-state index in [1.807, 2.05) is 74.9 Å². The first-order valence-electron chi connectivity index (χ1n) is 8.88. The van der Waals surface area contributed by atoms with Crippen molar-refractivity contribution in [1.29, 1.82) is 0 Å². The molecule has 3 rings (SSSR count). The van der Waals surface area contributed by atoms with Gasteiger partial charge in [0.05, 0.1) is 24.2 Å². The maximum absolute atomic E-state index is 12.4. The molecule has 1 atom stereocenters. The Morgan fingerprint density at radius 2 is 1.85 bits per heavy atom. The second-order valence-electron chi connectivity index (χ2n) is 7.76. The Hall–Kier alpha value is -2.86. The number of anilines is 1. The molecule has 142 valence electrons. The van der Waals surface area contributed by atoms with E-state index in [0.29, 0.717) is 5.69 Å². The van der Waals surface area contributed by atoms with Crippen LogP contribution in [0.3, 0.4) is 0 Å². The Balaban J connectivity index is 1.91. The zero-order valence-corrected chi connectivity index (χ0v) is 16.4. The Morgan fingerprint density at radius 3 is 2.44 bits per heavy atom. The summed E-state index contributed by atoms with van der Waals surface area (Å²) in [7, 11) is 3.62. The van der Waals surface area contributed by atoms with Gasteiger partial charge in [-0.25, -0.2) is 4.98 Å². The summed E-state index contributed by atoms with van der Waals surface area (Å²) in [6, 6.07) is 12.9. The molecule has 0 aliphatic rings. The number of hydrogen-bond acceptors (Lipinski definition) is 4. The predicted molar refractivity (Wildman–Crippen MR) is 109 cm³/mol. The van der Waals surface area contributed by atoms with Crippen molar-refractivity contribution in [1.82, 2.24) is 9.55 Å². The van der Waals surface area contributed by atoms with Crippen LogP contribution in [0.4, 0.5) is 5.69 Å². The van der Waals surface area contributed by atoms with Crippen molar-refractivity contribution in [3.63, 3.8) is 0 Å². The van der Waals surface area contributed by atoms with Gasteiger partial charge in [-0.15, -0.1) is 0 Å². The summed E-state index contributed by atoms with van der Waals surface area (Å²) in [5.74, 6) is 1.45.